The van der Waals surface area contributed by atoms with Gasteiger partial charge in [-0.3, -0.25) is 9.59 Å². The molecule has 0 bridgehead atoms. The number of primary amides is 1. The normalized spacial score (nSPS) is 10.6. The molecule has 5 nitrogen and oxygen atoms in total. The van der Waals surface area contributed by atoms with Crippen molar-refractivity contribution in [2.75, 3.05) is 18.2 Å². The zero-order chi connectivity index (χ0) is 19.4. The average molecular weight is 401 g/mol. The maximum atomic E-state index is 12.4. The maximum absolute atomic E-state index is 12.4. The van der Waals surface area contributed by atoms with Gasteiger partial charge in [0, 0.05) is 20.9 Å². The van der Waals surface area contributed by atoms with Crippen LogP contribution in [0.25, 0.3) is 10.8 Å². The largest absolute Gasteiger partial charge is 0.495 e. The number of methoxy groups -OCH3 is 1. The van der Waals surface area contributed by atoms with E-state index in [0.29, 0.717) is 22.0 Å². The second kappa shape index (κ2) is 8.33. The summed E-state index contributed by atoms with van der Waals surface area (Å²) in [6.45, 7) is 0. The number of nitrogens with two attached hydrogens (primary N) is 1. The van der Waals surface area contributed by atoms with E-state index >= 15 is 0 Å². The van der Waals surface area contributed by atoms with Gasteiger partial charge in [0.2, 0.25) is 11.8 Å². The van der Waals surface area contributed by atoms with E-state index in [4.69, 9.17) is 22.1 Å². The molecule has 0 aliphatic heterocycles. The van der Waals surface area contributed by atoms with Crippen molar-refractivity contribution in [3.63, 3.8) is 0 Å². The molecule has 3 rings (SSSR count). The standard InChI is InChI=1S/C20H17ClN2O3S/c1-26-16-9-8-13(20(22)25)10-15(16)23-18(24)11-27-17-7-3-5-12-4-2-6-14(21)19(12)17/h2-10H,11H2,1H3,(H2,22,25)(H,23,24). The minimum atomic E-state index is -0.576. The molecule has 0 fully saturated rings. The molecule has 0 spiro atoms. The third-order valence-corrected chi connectivity index (χ3v) is 5.31. The highest BCUT2D eigenvalue weighted by Gasteiger charge is 2.12. The summed E-state index contributed by atoms with van der Waals surface area (Å²) in [5.41, 5.74) is 5.99. The van der Waals surface area contributed by atoms with Crippen LogP contribution in [0.2, 0.25) is 5.02 Å². The number of nitrogens with one attached hydrogen (secondary N) is 1. The van der Waals surface area contributed by atoms with Gasteiger partial charge >= 0.3 is 0 Å². The van der Waals surface area contributed by atoms with Crippen molar-refractivity contribution in [3.05, 3.63) is 65.2 Å². The van der Waals surface area contributed by atoms with Crippen molar-refractivity contribution >= 4 is 51.6 Å². The second-order valence-corrected chi connectivity index (χ2v) is 7.13. The van der Waals surface area contributed by atoms with E-state index in [1.54, 1.807) is 12.1 Å². The van der Waals surface area contributed by atoms with E-state index in [0.717, 1.165) is 15.7 Å². The summed E-state index contributed by atoms with van der Waals surface area (Å²) in [6.07, 6.45) is 0. The summed E-state index contributed by atoms with van der Waals surface area (Å²) in [6, 6.07) is 16.2. The monoisotopic (exact) mass is 400 g/mol. The van der Waals surface area contributed by atoms with E-state index < -0.39 is 5.91 Å². The Hall–Kier alpha value is -2.70. The van der Waals surface area contributed by atoms with E-state index in [9.17, 15) is 9.59 Å². The first-order valence-electron chi connectivity index (χ1n) is 8.07. The Bertz CT molecular complexity index is 1020. The Morgan fingerprint density at radius 1 is 1.15 bits per heavy atom. The van der Waals surface area contributed by atoms with Gasteiger partial charge in [-0.2, -0.15) is 0 Å². The summed E-state index contributed by atoms with van der Waals surface area (Å²) in [5.74, 6) is -0.183. The first-order chi connectivity index (χ1) is 13.0. The fourth-order valence-electron chi connectivity index (χ4n) is 2.67. The maximum Gasteiger partial charge on any atom is 0.248 e. The minimum absolute atomic E-state index is 0.175. The molecule has 2 amide bonds. The Kier molecular flexibility index (Phi) is 5.88. The first-order valence-corrected chi connectivity index (χ1v) is 9.43. The smallest absolute Gasteiger partial charge is 0.248 e. The number of ether oxygens (including phenoxy) is 1. The van der Waals surface area contributed by atoms with Gasteiger partial charge in [0.05, 0.1) is 18.6 Å². The van der Waals surface area contributed by atoms with Gasteiger partial charge in [-0.05, 0) is 35.7 Å². The molecule has 0 aliphatic rings. The molecule has 3 N–H and O–H groups in total. The van der Waals surface area contributed by atoms with Gasteiger partial charge in [-0.15, -0.1) is 11.8 Å². The van der Waals surface area contributed by atoms with Gasteiger partial charge in [0.1, 0.15) is 5.75 Å². The van der Waals surface area contributed by atoms with Crippen molar-refractivity contribution < 1.29 is 14.3 Å². The molecule has 0 saturated carbocycles. The van der Waals surface area contributed by atoms with Crippen LogP contribution in [0.15, 0.2) is 59.5 Å². The van der Waals surface area contributed by atoms with Crippen molar-refractivity contribution in [2.24, 2.45) is 5.73 Å². The van der Waals surface area contributed by atoms with E-state index in [1.165, 1.54) is 24.9 Å². The van der Waals surface area contributed by atoms with Gasteiger partial charge in [0.25, 0.3) is 0 Å². The zero-order valence-corrected chi connectivity index (χ0v) is 16.1. The number of fused-ring (bicyclic) bond motifs is 1. The molecule has 0 heterocycles. The molecule has 0 atom stereocenters. The van der Waals surface area contributed by atoms with Crippen LogP contribution in [0.1, 0.15) is 10.4 Å². The summed E-state index contributed by atoms with van der Waals surface area (Å²) in [5, 5.41) is 5.35. The Morgan fingerprint density at radius 3 is 2.59 bits per heavy atom. The third kappa shape index (κ3) is 4.35. The Labute approximate surface area is 165 Å². The number of thioether (sulfide) groups is 1. The van der Waals surface area contributed by atoms with Crippen LogP contribution < -0.4 is 15.8 Å². The molecule has 0 aliphatic carbocycles. The van der Waals surface area contributed by atoms with Gasteiger partial charge in [-0.1, -0.05) is 35.9 Å². The van der Waals surface area contributed by atoms with Crippen LogP contribution in [-0.4, -0.2) is 24.7 Å². The molecule has 3 aromatic rings. The number of halogens is 1. The lowest BCUT2D eigenvalue weighted by atomic mass is 10.1. The van der Waals surface area contributed by atoms with Crippen LogP contribution in [0, 0.1) is 0 Å². The van der Waals surface area contributed by atoms with Crippen molar-refractivity contribution in [3.8, 4) is 5.75 Å². The lowest BCUT2D eigenvalue weighted by molar-refractivity contribution is -0.113. The number of carbonyl (C=O) groups excluding carboxylic acids is 2. The number of rotatable bonds is 6. The molecule has 0 saturated heterocycles. The van der Waals surface area contributed by atoms with Crippen LogP contribution in [-0.2, 0) is 4.79 Å². The second-order valence-electron chi connectivity index (χ2n) is 5.71. The highest BCUT2D eigenvalue weighted by atomic mass is 35.5. The lowest BCUT2D eigenvalue weighted by Crippen LogP contribution is -2.16. The lowest BCUT2D eigenvalue weighted by Gasteiger charge is -2.12. The fourth-order valence-corrected chi connectivity index (χ4v) is 3.92. The molecular weight excluding hydrogens is 384 g/mol. The highest BCUT2D eigenvalue weighted by Crippen LogP contribution is 2.33. The average Bonchev–Trinajstić information content (AvgIpc) is 2.66. The number of benzene rings is 3. The number of hydrogen-bond donors (Lipinski definition) is 2. The fraction of sp³-hybridized carbons (Fsp3) is 0.100. The number of hydrogen-bond acceptors (Lipinski definition) is 4. The summed E-state index contributed by atoms with van der Waals surface area (Å²) < 4.78 is 5.23. The van der Waals surface area contributed by atoms with E-state index in [1.807, 2.05) is 36.4 Å². The molecular formula is C20H17ClN2O3S. The molecule has 0 unspecified atom stereocenters. The number of amides is 2. The molecule has 3 aromatic carbocycles. The Morgan fingerprint density at radius 2 is 1.89 bits per heavy atom. The van der Waals surface area contributed by atoms with Crippen molar-refractivity contribution in [2.45, 2.75) is 4.90 Å². The summed E-state index contributed by atoms with van der Waals surface area (Å²) in [4.78, 5) is 24.7. The topological polar surface area (TPSA) is 81.4 Å². The third-order valence-electron chi connectivity index (χ3n) is 3.93. The number of carbonyl (C=O) groups is 2. The van der Waals surface area contributed by atoms with Crippen molar-refractivity contribution in [1.29, 1.82) is 0 Å². The van der Waals surface area contributed by atoms with E-state index in [-0.39, 0.29) is 11.7 Å². The highest BCUT2D eigenvalue weighted by molar-refractivity contribution is 8.00. The molecule has 0 aromatic heterocycles. The van der Waals surface area contributed by atoms with Crippen LogP contribution in [0.4, 0.5) is 5.69 Å². The van der Waals surface area contributed by atoms with Crippen LogP contribution >= 0.6 is 23.4 Å². The van der Waals surface area contributed by atoms with Gasteiger partial charge in [0.15, 0.2) is 0 Å². The van der Waals surface area contributed by atoms with Crippen LogP contribution in [0.5, 0.6) is 5.75 Å². The summed E-state index contributed by atoms with van der Waals surface area (Å²) in [7, 11) is 1.49. The number of anilines is 1. The van der Waals surface area contributed by atoms with Gasteiger partial charge in [-0.25, -0.2) is 0 Å². The molecule has 138 valence electrons. The van der Waals surface area contributed by atoms with Gasteiger partial charge < -0.3 is 15.8 Å². The van der Waals surface area contributed by atoms with Crippen molar-refractivity contribution in [1.82, 2.24) is 0 Å². The quantitative estimate of drug-likeness (QED) is 0.603. The molecule has 0 radical (unpaired) electrons. The predicted octanol–water partition coefficient (Wildman–Crippen LogP) is 4.33. The van der Waals surface area contributed by atoms with E-state index in [2.05, 4.69) is 5.32 Å². The van der Waals surface area contributed by atoms with Crippen LogP contribution in [0.3, 0.4) is 0 Å². The minimum Gasteiger partial charge on any atom is -0.495 e. The molecule has 7 heteroatoms. The first kappa shape index (κ1) is 19.1. The SMILES string of the molecule is COc1ccc(C(N)=O)cc1NC(=O)CSc1cccc2cccc(Cl)c12. The Balaban J connectivity index is 1.76. The molecule has 27 heavy (non-hydrogen) atoms. The summed E-state index contributed by atoms with van der Waals surface area (Å²) >= 11 is 7.71. The predicted molar refractivity (Wildman–Crippen MR) is 110 cm³/mol. The zero-order valence-electron chi connectivity index (χ0n) is 14.5.